The number of aromatic hydroxyl groups is 2. The van der Waals surface area contributed by atoms with Gasteiger partial charge in [0.25, 0.3) is 0 Å². The van der Waals surface area contributed by atoms with Crippen molar-refractivity contribution in [3.8, 4) is 11.5 Å². The van der Waals surface area contributed by atoms with E-state index in [1.807, 2.05) is 0 Å². The van der Waals surface area contributed by atoms with Crippen LogP contribution in [-0.2, 0) is 10.2 Å². The van der Waals surface area contributed by atoms with E-state index in [-0.39, 0.29) is 5.56 Å². The summed E-state index contributed by atoms with van der Waals surface area (Å²) in [5, 5.41) is 36.8. The van der Waals surface area contributed by atoms with Gasteiger partial charge in [0.1, 0.15) is 17.1 Å². The molecule has 1 aliphatic rings. The molecule has 2 rings (SSSR count). The molecule has 0 heterocycles. The van der Waals surface area contributed by atoms with Crippen molar-refractivity contribution >= 4 is 11.9 Å². The molecule has 1 aromatic carbocycles. The molecular weight excluding hydrogens is 228 g/mol. The molecule has 6 nitrogen and oxygen atoms in total. The highest BCUT2D eigenvalue weighted by Crippen LogP contribution is 2.52. The summed E-state index contributed by atoms with van der Waals surface area (Å²) in [5.41, 5.74) is -1.58. The van der Waals surface area contributed by atoms with Crippen LogP contribution in [0.3, 0.4) is 0 Å². The predicted molar refractivity (Wildman–Crippen MR) is 55.3 cm³/mol. The van der Waals surface area contributed by atoms with Crippen LogP contribution in [0, 0.1) is 0 Å². The second kappa shape index (κ2) is 3.38. The minimum absolute atomic E-state index is 0.0419. The van der Waals surface area contributed by atoms with Crippen molar-refractivity contribution in [2.75, 3.05) is 0 Å². The molecule has 0 spiro atoms. The average Bonchev–Trinajstić information content (AvgIpc) is 2.97. The van der Waals surface area contributed by atoms with E-state index in [9.17, 15) is 19.8 Å². The molecule has 0 atom stereocenters. The molecule has 0 unspecified atom stereocenters. The van der Waals surface area contributed by atoms with E-state index in [0.29, 0.717) is 12.8 Å². The predicted octanol–water partition coefficient (Wildman–Crippen LogP) is 0.912. The quantitative estimate of drug-likeness (QED) is 0.622. The minimum Gasteiger partial charge on any atom is -0.507 e. The highest BCUT2D eigenvalue weighted by atomic mass is 16.4. The van der Waals surface area contributed by atoms with Gasteiger partial charge in [-0.15, -0.1) is 0 Å². The van der Waals surface area contributed by atoms with Crippen molar-refractivity contribution in [1.82, 2.24) is 0 Å². The molecular formula is C11H10O6. The van der Waals surface area contributed by atoms with Gasteiger partial charge in [-0.2, -0.15) is 0 Å². The van der Waals surface area contributed by atoms with Gasteiger partial charge in [0.15, 0.2) is 0 Å². The topological polar surface area (TPSA) is 115 Å². The minimum atomic E-state index is -1.37. The molecule has 0 aliphatic heterocycles. The molecule has 17 heavy (non-hydrogen) atoms. The van der Waals surface area contributed by atoms with E-state index in [1.165, 1.54) is 0 Å². The summed E-state index contributed by atoms with van der Waals surface area (Å²) < 4.78 is 0. The average molecular weight is 238 g/mol. The molecule has 0 bridgehead atoms. The summed E-state index contributed by atoms with van der Waals surface area (Å²) in [6, 6.07) is 1.88. The number of carboxylic acid groups (broad SMARTS) is 2. The van der Waals surface area contributed by atoms with Crippen molar-refractivity contribution in [3.05, 3.63) is 23.3 Å². The molecule has 0 radical (unpaired) electrons. The molecule has 1 aromatic rings. The van der Waals surface area contributed by atoms with Crippen molar-refractivity contribution in [1.29, 1.82) is 0 Å². The van der Waals surface area contributed by atoms with Crippen LogP contribution >= 0.6 is 0 Å². The van der Waals surface area contributed by atoms with Crippen LogP contribution < -0.4 is 0 Å². The lowest BCUT2D eigenvalue weighted by atomic mass is 9.93. The number of aromatic carboxylic acids is 1. The Labute approximate surface area is 95.8 Å². The molecule has 6 heteroatoms. The first-order valence-electron chi connectivity index (χ1n) is 4.91. The smallest absolute Gasteiger partial charge is 0.339 e. The maximum absolute atomic E-state index is 11.1. The Morgan fingerprint density at radius 1 is 1.06 bits per heavy atom. The van der Waals surface area contributed by atoms with Crippen LogP contribution in [0.5, 0.6) is 11.5 Å². The lowest BCUT2D eigenvalue weighted by molar-refractivity contribution is -0.140. The molecule has 1 saturated carbocycles. The number of rotatable bonds is 3. The van der Waals surface area contributed by atoms with E-state index in [1.54, 1.807) is 0 Å². The normalized spacial score (nSPS) is 16.5. The zero-order valence-corrected chi connectivity index (χ0v) is 8.67. The Morgan fingerprint density at radius 3 is 2.06 bits per heavy atom. The molecule has 4 N–H and O–H groups in total. The number of hydrogen-bond acceptors (Lipinski definition) is 4. The Kier molecular flexibility index (Phi) is 2.23. The summed E-state index contributed by atoms with van der Waals surface area (Å²) in [4.78, 5) is 21.9. The fraction of sp³-hybridized carbons (Fsp3) is 0.273. The monoisotopic (exact) mass is 238 g/mol. The highest BCUT2D eigenvalue weighted by Gasteiger charge is 2.53. The van der Waals surface area contributed by atoms with Gasteiger partial charge in [-0.25, -0.2) is 4.79 Å². The van der Waals surface area contributed by atoms with E-state index in [4.69, 9.17) is 10.2 Å². The van der Waals surface area contributed by atoms with Crippen LogP contribution in [-0.4, -0.2) is 32.4 Å². The van der Waals surface area contributed by atoms with Crippen molar-refractivity contribution < 1.29 is 30.0 Å². The van der Waals surface area contributed by atoms with Gasteiger partial charge < -0.3 is 20.4 Å². The fourth-order valence-electron chi connectivity index (χ4n) is 1.86. The van der Waals surface area contributed by atoms with Gasteiger partial charge in [0, 0.05) is 11.6 Å². The first-order chi connectivity index (χ1) is 7.88. The largest absolute Gasteiger partial charge is 0.507 e. The maximum Gasteiger partial charge on any atom is 0.339 e. The van der Waals surface area contributed by atoms with Crippen LogP contribution in [0.4, 0.5) is 0 Å². The number of benzene rings is 1. The number of phenolic OH excluding ortho intramolecular Hbond substituents is 1. The van der Waals surface area contributed by atoms with Crippen molar-refractivity contribution in [2.24, 2.45) is 0 Å². The molecule has 1 fully saturated rings. The third-order valence-electron chi connectivity index (χ3n) is 3.02. The summed E-state index contributed by atoms with van der Waals surface area (Å²) in [5.74, 6) is -3.45. The second-order valence-electron chi connectivity index (χ2n) is 4.08. The van der Waals surface area contributed by atoms with Crippen molar-refractivity contribution in [3.63, 3.8) is 0 Å². The molecule has 0 aromatic heterocycles. The van der Waals surface area contributed by atoms with Crippen LogP contribution in [0.15, 0.2) is 12.1 Å². The van der Waals surface area contributed by atoms with E-state index >= 15 is 0 Å². The Hall–Kier alpha value is -2.24. The van der Waals surface area contributed by atoms with Crippen molar-refractivity contribution in [2.45, 2.75) is 18.3 Å². The number of aliphatic carboxylic acids is 1. The van der Waals surface area contributed by atoms with Gasteiger partial charge >= 0.3 is 11.9 Å². The molecule has 1 aliphatic carbocycles. The molecule has 0 amide bonds. The summed E-state index contributed by atoms with van der Waals surface area (Å²) >= 11 is 0. The summed E-state index contributed by atoms with van der Waals surface area (Å²) in [7, 11) is 0. The highest BCUT2D eigenvalue weighted by molar-refractivity contribution is 5.93. The SMILES string of the molecule is O=C(O)c1cc(C2(C(=O)O)CC2)c(O)cc1O. The lowest BCUT2D eigenvalue weighted by Gasteiger charge is -2.13. The van der Waals surface area contributed by atoms with E-state index < -0.39 is 34.4 Å². The third-order valence-corrected chi connectivity index (χ3v) is 3.02. The van der Waals surface area contributed by atoms with Crippen LogP contribution in [0.25, 0.3) is 0 Å². The van der Waals surface area contributed by atoms with E-state index in [2.05, 4.69) is 0 Å². The van der Waals surface area contributed by atoms with Gasteiger partial charge in [0.2, 0.25) is 0 Å². The van der Waals surface area contributed by atoms with Gasteiger partial charge in [-0.1, -0.05) is 0 Å². The first kappa shape index (κ1) is 11.3. The number of carbonyl (C=O) groups is 2. The second-order valence-corrected chi connectivity index (χ2v) is 4.08. The molecule has 0 saturated heterocycles. The third kappa shape index (κ3) is 1.57. The maximum atomic E-state index is 11.1. The zero-order valence-electron chi connectivity index (χ0n) is 8.67. The van der Waals surface area contributed by atoms with Crippen LogP contribution in [0.1, 0.15) is 28.8 Å². The number of hydrogen-bond donors (Lipinski definition) is 4. The Bertz CT molecular complexity index is 515. The first-order valence-corrected chi connectivity index (χ1v) is 4.91. The van der Waals surface area contributed by atoms with Gasteiger partial charge in [0.05, 0.1) is 5.41 Å². The molecule has 90 valence electrons. The fourth-order valence-corrected chi connectivity index (χ4v) is 1.86. The lowest BCUT2D eigenvalue weighted by Crippen LogP contribution is -2.20. The van der Waals surface area contributed by atoms with Crippen LogP contribution in [0.2, 0.25) is 0 Å². The van der Waals surface area contributed by atoms with E-state index in [0.717, 1.165) is 12.1 Å². The Balaban J connectivity index is 2.59. The summed E-state index contributed by atoms with van der Waals surface area (Å²) in [6.07, 6.45) is 0.694. The summed E-state index contributed by atoms with van der Waals surface area (Å²) in [6.45, 7) is 0. The number of carboxylic acids is 2. The van der Waals surface area contributed by atoms with Gasteiger partial charge in [-0.3, -0.25) is 4.79 Å². The Morgan fingerprint density at radius 2 is 1.65 bits per heavy atom. The number of phenols is 2. The standard InChI is InChI=1S/C11H10O6/c12-7-4-8(13)6(3-5(7)9(14)15)11(1-2-11)10(16)17/h3-4,12-13H,1-2H2,(H,14,15)(H,16,17). The van der Waals surface area contributed by atoms with Gasteiger partial charge in [-0.05, 0) is 18.9 Å². The zero-order chi connectivity index (χ0) is 12.8.